The molecule has 0 fully saturated rings. The molecule has 1 unspecified atom stereocenters. The molecule has 0 bridgehead atoms. The lowest BCUT2D eigenvalue weighted by Crippen LogP contribution is -2.21. The van der Waals surface area contributed by atoms with Gasteiger partial charge in [0.05, 0.1) is 6.16 Å². The summed E-state index contributed by atoms with van der Waals surface area (Å²) in [7, 11) is -8.62. The maximum Gasteiger partial charge on any atom is 0.342 e. The molecular formula is C3H12ClNO6P2. The van der Waals surface area contributed by atoms with Crippen LogP contribution in [-0.2, 0) is 9.13 Å². The first kappa shape index (κ1) is 16.0. The highest BCUT2D eigenvalue weighted by molar-refractivity contribution is 7.53. The van der Waals surface area contributed by atoms with Gasteiger partial charge in [0, 0.05) is 0 Å². The van der Waals surface area contributed by atoms with Crippen molar-refractivity contribution in [2.45, 2.75) is 12.2 Å². The fourth-order valence-corrected chi connectivity index (χ4v) is 1.75. The van der Waals surface area contributed by atoms with Crippen molar-refractivity contribution in [2.24, 2.45) is 5.73 Å². The fourth-order valence-electron chi connectivity index (χ4n) is 0.469. The Bertz CT molecular complexity index is 234. The lowest BCUT2D eigenvalue weighted by molar-refractivity contribution is 0.352. The van der Waals surface area contributed by atoms with Crippen molar-refractivity contribution in [1.29, 1.82) is 0 Å². The third kappa shape index (κ3) is 8.87. The summed E-state index contributed by atoms with van der Waals surface area (Å²) in [5, 5.41) is 0. The van der Waals surface area contributed by atoms with E-state index in [1.165, 1.54) is 0 Å². The van der Waals surface area contributed by atoms with E-state index in [2.05, 4.69) is 0 Å². The van der Waals surface area contributed by atoms with Gasteiger partial charge in [-0.25, -0.2) is 0 Å². The number of nitrogens with two attached hydrogens (primary N) is 1. The van der Waals surface area contributed by atoms with Crippen molar-refractivity contribution in [3.63, 3.8) is 0 Å². The summed E-state index contributed by atoms with van der Waals surface area (Å²) in [5.41, 5.74) is 4.95. The minimum Gasteiger partial charge on any atom is -0.324 e. The molecule has 0 aromatic rings. The Morgan fingerprint density at radius 3 is 1.77 bits per heavy atom. The van der Waals surface area contributed by atoms with Crippen LogP contribution < -0.4 is 5.73 Å². The van der Waals surface area contributed by atoms with E-state index in [0.717, 1.165) is 0 Å². The third-order valence-corrected chi connectivity index (χ3v) is 3.11. The van der Waals surface area contributed by atoms with Gasteiger partial charge in [0.25, 0.3) is 0 Å². The molecule has 82 valence electrons. The van der Waals surface area contributed by atoms with Gasteiger partial charge in [0.15, 0.2) is 0 Å². The Morgan fingerprint density at radius 2 is 1.54 bits per heavy atom. The van der Waals surface area contributed by atoms with E-state index >= 15 is 0 Å². The molecule has 0 aliphatic rings. The van der Waals surface area contributed by atoms with Gasteiger partial charge in [0.2, 0.25) is 0 Å². The summed E-state index contributed by atoms with van der Waals surface area (Å²) in [6.45, 7) is 0. The number of halogens is 1. The zero-order valence-electron chi connectivity index (χ0n) is 6.48. The highest BCUT2D eigenvalue weighted by atomic mass is 35.5. The van der Waals surface area contributed by atoms with Crippen molar-refractivity contribution in [1.82, 2.24) is 0 Å². The van der Waals surface area contributed by atoms with Crippen molar-refractivity contribution in [2.75, 3.05) is 6.16 Å². The third-order valence-electron chi connectivity index (χ3n) is 1.15. The molecule has 0 spiro atoms. The van der Waals surface area contributed by atoms with E-state index in [1.807, 2.05) is 0 Å². The molecule has 7 nitrogen and oxygen atoms in total. The first-order chi connectivity index (χ1) is 5.13. The molecule has 0 radical (unpaired) electrons. The second kappa shape index (κ2) is 5.44. The SMILES string of the molecule is Cl.NC(CCP(=O)(O)O)P(=O)(O)O. The normalized spacial score (nSPS) is 14.8. The predicted molar refractivity (Wildman–Crippen MR) is 48.8 cm³/mol. The van der Waals surface area contributed by atoms with E-state index in [0.29, 0.717) is 0 Å². The minimum absolute atomic E-state index is 0. The second-order valence-electron chi connectivity index (χ2n) is 2.33. The molecule has 0 aromatic heterocycles. The molecule has 6 N–H and O–H groups in total. The van der Waals surface area contributed by atoms with Crippen LogP contribution in [0.1, 0.15) is 6.42 Å². The fraction of sp³-hybridized carbons (Fsp3) is 1.00. The topological polar surface area (TPSA) is 141 Å². The molecule has 0 amide bonds. The van der Waals surface area contributed by atoms with Crippen LogP contribution in [0.25, 0.3) is 0 Å². The van der Waals surface area contributed by atoms with Gasteiger partial charge in [-0.2, -0.15) is 0 Å². The quantitative estimate of drug-likeness (QED) is 0.424. The van der Waals surface area contributed by atoms with Crippen molar-refractivity contribution >= 4 is 27.6 Å². The zero-order chi connectivity index (χ0) is 9.99. The van der Waals surface area contributed by atoms with Gasteiger partial charge in [-0.3, -0.25) is 9.13 Å². The van der Waals surface area contributed by atoms with Crippen LogP contribution >= 0.6 is 27.6 Å². The molecule has 0 heterocycles. The maximum absolute atomic E-state index is 10.4. The van der Waals surface area contributed by atoms with Crippen LogP contribution in [0.3, 0.4) is 0 Å². The van der Waals surface area contributed by atoms with Gasteiger partial charge >= 0.3 is 15.2 Å². The van der Waals surface area contributed by atoms with E-state index in [-0.39, 0.29) is 12.4 Å². The second-order valence-corrected chi connectivity index (χ2v) is 5.95. The average molecular weight is 256 g/mol. The molecular weight excluding hydrogens is 243 g/mol. The molecule has 1 atom stereocenters. The van der Waals surface area contributed by atoms with Gasteiger partial charge in [-0.15, -0.1) is 12.4 Å². The molecule has 0 aliphatic carbocycles. The number of hydrogen-bond donors (Lipinski definition) is 5. The minimum atomic E-state index is -4.41. The van der Waals surface area contributed by atoms with Crippen LogP contribution in [0.2, 0.25) is 0 Å². The zero-order valence-corrected chi connectivity index (χ0v) is 9.08. The standard InChI is InChI=1S/C3H11NO6P2.ClH/c4-3(12(8,9)10)1-2-11(5,6)7;/h3H,1-2,4H2,(H2,5,6,7)(H2,8,9,10);1H. The Morgan fingerprint density at radius 1 is 1.15 bits per heavy atom. The Hall–Kier alpha value is 0.550. The average Bonchev–Trinajstić information content (AvgIpc) is 1.78. The Kier molecular flexibility index (Phi) is 6.69. The number of hydrogen-bond acceptors (Lipinski definition) is 3. The maximum atomic E-state index is 10.4. The van der Waals surface area contributed by atoms with Gasteiger partial charge in [0.1, 0.15) is 5.78 Å². The summed E-state index contributed by atoms with van der Waals surface area (Å²) in [6.07, 6.45) is -1.01. The number of rotatable bonds is 4. The summed E-state index contributed by atoms with van der Waals surface area (Å²) in [5.74, 6) is -1.50. The molecule has 0 saturated heterocycles. The van der Waals surface area contributed by atoms with Crippen LogP contribution in [0.4, 0.5) is 0 Å². The van der Waals surface area contributed by atoms with Crippen molar-refractivity contribution in [3.8, 4) is 0 Å². The molecule has 13 heavy (non-hydrogen) atoms. The van der Waals surface area contributed by atoms with Crippen molar-refractivity contribution < 1.29 is 28.7 Å². The van der Waals surface area contributed by atoms with Gasteiger partial charge in [-0.05, 0) is 6.42 Å². The lowest BCUT2D eigenvalue weighted by atomic mass is 10.5. The highest BCUT2D eigenvalue weighted by Gasteiger charge is 2.27. The van der Waals surface area contributed by atoms with Crippen LogP contribution in [0.5, 0.6) is 0 Å². The van der Waals surface area contributed by atoms with Crippen LogP contribution in [0.15, 0.2) is 0 Å². The van der Waals surface area contributed by atoms with Crippen molar-refractivity contribution in [3.05, 3.63) is 0 Å². The molecule has 0 aliphatic heterocycles. The van der Waals surface area contributed by atoms with Gasteiger partial charge in [-0.1, -0.05) is 0 Å². The smallest absolute Gasteiger partial charge is 0.324 e. The largest absolute Gasteiger partial charge is 0.342 e. The molecule has 0 rings (SSSR count). The molecule has 10 heteroatoms. The van der Waals surface area contributed by atoms with E-state index in [4.69, 9.17) is 25.3 Å². The van der Waals surface area contributed by atoms with E-state index in [9.17, 15) is 9.13 Å². The Balaban J connectivity index is 0. The molecule has 0 aromatic carbocycles. The summed E-state index contributed by atoms with van der Waals surface area (Å²) >= 11 is 0. The highest BCUT2D eigenvalue weighted by Crippen LogP contribution is 2.43. The van der Waals surface area contributed by atoms with E-state index < -0.39 is 33.6 Å². The van der Waals surface area contributed by atoms with Gasteiger partial charge < -0.3 is 25.3 Å². The first-order valence-corrected chi connectivity index (χ1v) is 6.46. The van der Waals surface area contributed by atoms with Crippen LogP contribution in [-0.4, -0.2) is 31.5 Å². The molecule has 0 saturated carbocycles. The lowest BCUT2D eigenvalue weighted by Gasteiger charge is -2.12. The first-order valence-electron chi connectivity index (χ1n) is 2.98. The summed E-state index contributed by atoms with van der Waals surface area (Å²) in [6, 6.07) is 0. The predicted octanol–water partition coefficient (Wildman–Crippen LogP) is -0.561. The summed E-state index contributed by atoms with van der Waals surface area (Å²) in [4.78, 5) is 33.5. The van der Waals surface area contributed by atoms with Crippen LogP contribution in [0, 0.1) is 0 Å². The Labute approximate surface area is 81.1 Å². The van der Waals surface area contributed by atoms with E-state index in [1.54, 1.807) is 0 Å². The monoisotopic (exact) mass is 255 g/mol. The summed E-state index contributed by atoms with van der Waals surface area (Å²) < 4.78 is 20.6.